The molecular weight excluding hydrogens is 1650 g/mol. The Labute approximate surface area is 723 Å². The van der Waals surface area contributed by atoms with E-state index in [1.807, 2.05) is 44.2 Å². The molecule has 2 heterocycles. The van der Waals surface area contributed by atoms with Gasteiger partial charge in [-0.05, 0) is 91.7 Å². The van der Waals surface area contributed by atoms with Gasteiger partial charge in [-0.25, -0.2) is 13.4 Å². The molecule has 3 aromatic carbocycles. The van der Waals surface area contributed by atoms with Crippen molar-refractivity contribution in [3.63, 3.8) is 0 Å². The van der Waals surface area contributed by atoms with Gasteiger partial charge in [0.05, 0.1) is 36.4 Å². The maximum atomic E-state index is 15.1. The molecule has 5 rings (SSSR count). The number of aliphatic carboxylic acids is 2. The molecule has 4 aromatic rings. The Hall–Kier alpha value is -12.2. The number of unbranched alkanes of at least 4 members (excludes halogenated alkanes) is 4. The van der Waals surface area contributed by atoms with Gasteiger partial charge in [-0.15, -0.1) is 11.8 Å². The number of phenolic OH excluding ortho intramolecular Hbond substituents is 1. The van der Waals surface area contributed by atoms with Gasteiger partial charge in [0.15, 0.2) is 5.96 Å². The number of phenols is 1. The van der Waals surface area contributed by atoms with Crippen molar-refractivity contribution in [2.45, 2.75) is 236 Å². The second-order valence-electron chi connectivity index (χ2n) is 31.2. The van der Waals surface area contributed by atoms with E-state index in [9.17, 15) is 86.1 Å². The summed E-state index contributed by atoms with van der Waals surface area (Å²) in [5.41, 5.74) is 13.8. The molecule has 13 atom stereocenters. The monoisotopic (exact) mass is 1770 g/mol. The average Bonchev–Trinajstić information content (AvgIpc) is 1.10. The van der Waals surface area contributed by atoms with Crippen molar-refractivity contribution in [3.05, 3.63) is 108 Å². The zero-order valence-electron chi connectivity index (χ0n) is 70.8. The van der Waals surface area contributed by atoms with Crippen LogP contribution in [0.3, 0.4) is 0 Å². The number of aromatic hydroxyl groups is 1. The fourth-order valence-corrected chi connectivity index (χ4v) is 14.6. The molecule has 0 radical (unpaired) electrons. The summed E-state index contributed by atoms with van der Waals surface area (Å²) in [6.45, 7) is 11.4. The van der Waals surface area contributed by atoms with Gasteiger partial charge in [0.2, 0.25) is 82.7 Å². The number of nitrogens with two attached hydrogens (primary N) is 2. The first-order valence-electron chi connectivity index (χ1n) is 41.0. The van der Waals surface area contributed by atoms with Gasteiger partial charge in [-0.1, -0.05) is 147 Å². The Kier molecular flexibility index (Phi) is 42.6. The number of aromatic nitrogens is 2. The van der Waals surface area contributed by atoms with Crippen LogP contribution < -0.4 is 85.9 Å². The summed E-state index contributed by atoms with van der Waals surface area (Å²) in [5.74, 6) is -22.0. The van der Waals surface area contributed by atoms with Crippen LogP contribution in [-0.4, -0.2) is 243 Å². The minimum atomic E-state index is -4.00. The highest BCUT2D eigenvalue weighted by molar-refractivity contribution is 8.00. The van der Waals surface area contributed by atoms with Crippen LogP contribution in [0, 0.1) is 17.2 Å². The molecular formula is C82H119N19O21S2. The van der Waals surface area contributed by atoms with Crippen LogP contribution in [0.4, 0.5) is 0 Å². The average molecular weight is 1770 g/mol. The number of H-pyrrole nitrogens is 1. The van der Waals surface area contributed by atoms with Crippen LogP contribution in [0.5, 0.6) is 5.75 Å². The molecule has 680 valence electrons. The van der Waals surface area contributed by atoms with E-state index >= 15 is 14.4 Å². The Morgan fingerprint density at radius 2 is 0.919 bits per heavy atom. The summed E-state index contributed by atoms with van der Waals surface area (Å²) in [7, 11) is -4.00. The minimum Gasteiger partial charge on any atom is -0.508 e. The molecule has 124 heavy (non-hydrogen) atoms. The van der Waals surface area contributed by atoms with Crippen molar-refractivity contribution in [2.24, 2.45) is 23.3 Å². The molecule has 1 fully saturated rings. The zero-order valence-corrected chi connectivity index (χ0v) is 72.4. The first-order valence-corrected chi connectivity index (χ1v) is 44.3. The van der Waals surface area contributed by atoms with E-state index < -0.39 is 244 Å². The SMILES string of the molecule is CCCCC[C@@H]1NC(=O)[C@H](CCCNC(=N)N)NC(=O)[C@H](C)NC(=O)CSC[C@@H](C(N)=O)NC(=O)[C@H](CC(=O)O)NC(=O)[C@H](CCCCC)NC(=O)[C@H](Cc2ccc(-c3ccccc3)cc2)NC(=O)[C@H](CC(C)C)NC(=O)[C@H](C(C)C)NC(=O)[C@H](CCS(C)(=O)=O)NC(=O)[C@H](CC(=O)O)NC(=O)[C@H](Cc2c[nH]cn2)NC(=O)[C@H](Cc2ccc(O)cc2)NC1=O. The molecule has 1 aliphatic heterocycles. The third kappa shape index (κ3) is 36.8. The number of carbonyl (C=O) groups is 16. The Morgan fingerprint density at radius 3 is 1.37 bits per heavy atom. The lowest BCUT2D eigenvalue weighted by molar-refractivity contribution is -0.142. The molecule has 1 aromatic heterocycles. The molecule has 0 bridgehead atoms. The summed E-state index contributed by atoms with van der Waals surface area (Å²) in [6, 6.07) is -0.345. The Balaban J connectivity index is 1.66. The van der Waals surface area contributed by atoms with Crippen LogP contribution in [0.2, 0.25) is 0 Å². The predicted molar refractivity (Wildman–Crippen MR) is 458 cm³/mol. The molecule has 0 unspecified atom stereocenters. The molecule has 1 aliphatic rings. The molecule has 1 saturated heterocycles. The Morgan fingerprint density at radius 1 is 0.508 bits per heavy atom. The number of nitrogens with one attached hydrogen (secondary N) is 16. The highest BCUT2D eigenvalue weighted by atomic mass is 32.2. The number of carboxylic acid groups (broad SMARTS) is 2. The number of primary amides is 1. The van der Waals surface area contributed by atoms with E-state index in [4.69, 9.17) is 16.9 Å². The van der Waals surface area contributed by atoms with Crippen molar-refractivity contribution in [3.8, 4) is 16.9 Å². The summed E-state index contributed by atoms with van der Waals surface area (Å²) in [5, 5.41) is 73.8. The molecule has 14 amide bonds. The predicted octanol–water partition coefficient (Wildman–Crippen LogP) is -1.13. The summed E-state index contributed by atoms with van der Waals surface area (Å²) in [4.78, 5) is 235. The number of guanidine groups is 1. The van der Waals surface area contributed by atoms with E-state index in [0.717, 1.165) is 29.1 Å². The number of nitrogens with zero attached hydrogens (tertiary/aromatic N) is 1. The molecule has 0 aliphatic carbocycles. The number of imidazole rings is 1. The van der Waals surface area contributed by atoms with Gasteiger partial charge < -0.3 is 106 Å². The maximum Gasteiger partial charge on any atom is 0.305 e. The lowest BCUT2D eigenvalue weighted by Crippen LogP contribution is -2.62. The third-order valence-corrected chi connectivity index (χ3v) is 21.8. The quantitative estimate of drug-likeness (QED) is 0.0167. The van der Waals surface area contributed by atoms with E-state index in [2.05, 4.69) is 84.4 Å². The molecule has 23 N–H and O–H groups in total. The van der Waals surface area contributed by atoms with E-state index in [1.165, 1.54) is 57.6 Å². The van der Waals surface area contributed by atoms with Gasteiger partial charge in [0.1, 0.15) is 94.1 Å². The first kappa shape index (κ1) is 102. The zero-order chi connectivity index (χ0) is 91.9. The minimum absolute atomic E-state index is 0.00387. The molecule has 42 heteroatoms. The largest absolute Gasteiger partial charge is 0.508 e. The van der Waals surface area contributed by atoms with Crippen molar-refractivity contribution >= 4 is 122 Å². The van der Waals surface area contributed by atoms with Crippen LogP contribution in [-0.2, 0) is 106 Å². The van der Waals surface area contributed by atoms with Crippen molar-refractivity contribution < 1.29 is 100 Å². The number of amides is 14. The van der Waals surface area contributed by atoms with Gasteiger partial charge in [-0.3, -0.25) is 82.1 Å². The number of rotatable bonds is 30. The van der Waals surface area contributed by atoms with E-state index in [0.29, 0.717) is 43.2 Å². The summed E-state index contributed by atoms with van der Waals surface area (Å²) < 4.78 is 25.7. The van der Waals surface area contributed by atoms with Gasteiger partial charge in [0, 0.05) is 44.0 Å². The summed E-state index contributed by atoms with van der Waals surface area (Å²) >= 11 is 0.730. The van der Waals surface area contributed by atoms with Crippen LogP contribution in [0.1, 0.15) is 155 Å². The lowest BCUT2D eigenvalue weighted by atomic mass is 9.97. The molecule has 40 nitrogen and oxygen atoms in total. The van der Waals surface area contributed by atoms with E-state index in [-0.39, 0.29) is 69.4 Å². The van der Waals surface area contributed by atoms with Crippen LogP contribution in [0.15, 0.2) is 91.4 Å². The first-order chi connectivity index (χ1) is 58.6. The van der Waals surface area contributed by atoms with Gasteiger partial charge in [0.25, 0.3) is 0 Å². The second kappa shape index (κ2) is 51.6. The standard InChI is InChI=1S/C82H119N19O21S2/c1-9-11-14-21-54-72(111)94-60(37-49-26-30-53(102)31-27-49)77(116)96-61(38-52-41-86-44-88-52)78(117)98-62(39-66(104)105)79(118)93-57(32-34-124(8,121)122)74(113)101-68(46(5)6)81(120)99-58(35-45(3)4)75(114)95-59(36-48-24-28-51(29-25-48)50-19-16-13-17-20-50)76(115)92-55(22-15-12-10-2)73(112)97-63(40-67(106)107)80(119)100-64(69(83)108)42-123-43-65(103)89-47(7)70(109)90-56(71(110)91-54)23-18-33-87-82(84)85/h13,16-17,19-20,24-31,41,44-47,54-64,68,102H,9-12,14-15,18,21-23,32-40,42-43H2,1-8H3,(H2,83,108)(H,86,88)(H,89,103)(H,90,109)(H,91,110)(H,92,115)(H,93,118)(H,94,111)(H,95,114)(H,96,116)(H,97,112)(H,98,117)(H,99,120)(H,100,119)(H,101,113)(H,104,105)(H,106,107)(H4,84,85,87)/t47-,54-,55-,56-,57-,58-,59-,60-,61-,62-,63-,64-,68-/m0/s1. The second-order valence-corrected chi connectivity index (χ2v) is 34.5. The number of aromatic amines is 1. The fourth-order valence-electron chi connectivity index (χ4n) is 13.0. The van der Waals surface area contributed by atoms with Crippen molar-refractivity contribution in [1.29, 1.82) is 5.41 Å². The van der Waals surface area contributed by atoms with Crippen LogP contribution >= 0.6 is 11.8 Å². The number of hydrogen-bond donors (Lipinski definition) is 21. The third-order valence-electron chi connectivity index (χ3n) is 19.8. The number of sulfone groups is 1. The lowest BCUT2D eigenvalue weighted by Gasteiger charge is -2.30. The molecule has 0 spiro atoms. The van der Waals surface area contributed by atoms with Crippen molar-refractivity contribution in [2.75, 3.05) is 30.1 Å². The normalized spacial score (nSPS) is 23.2. The molecule has 0 saturated carbocycles. The van der Waals surface area contributed by atoms with Gasteiger partial charge >= 0.3 is 11.9 Å². The topological polar surface area (TPSA) is 641 Å². The van der Waals surface area contributed by atoms with E-state index in [1.54, 1.807) is 38.1 Å². The number of carbonyl (C=O) groups excluding carboxylic acids is 14. The Bertz CT molecular complexity index is 4430. The summed E-state index contributed by atoms with van der Waals surface area (Å²) in [6.07, 6.45) is 1.55. The fraction of sp³-hybridized carbons (Fsp3) is 0.537. The highest BCUT2D eigenvalue weighted by Gasteiger charge is 2.40. The van der Waals surface area contributed by atoms with Gasteiger partial charge in [-0.2, -0.15) is 0 Å². The number of hydrogen-bond acceptors (Lipinski definition) is 22. The smallest absolute Gasteiger partial charge is 0.305 e. The number of benzene rings is 3. The van der Waals surface area contributed by atoms with Crippen LogP contribution in [0.25, 0.3) is 11.1 Å². The maximum absolute atomic E-state index is 15.1. The number of carboxylic acids is 2. The van der Waals surface area contributed by atoms with Crippen molar-refractivity contribution in [1.82, 2.24) is 84.4 Å². The highest BCUT2D eigenvalue weighted by Crippen LogP contribution is 2.22. The number of thioether (sulfide) groups is 1.